The summed E-state index contributed by atoms with van der Waals surface area (Å²) in [6.07, 6.45) is 0. The molecule has 0 aromatic heterocycles. The Kier molecular flexibility index (Phi) is 4.98. The average molecular weight is 234 g/mol. The van der Waals surface area contributed by atoms with Crippen LogP contribution >= 0.6 is 0 Å². The first-order chi connectivity index (χ1) is 8.38. The van der Waals surface area contributed by atoms with Gasteiger partial charge in [0.15, 0.2) is 0 Å². The molecule has 0 atom stereocenters. The molecule has 0 radical (unpaired) electrons. The van der Waals surface area contributed by atoms with Gasteiger partial charge in [-0.2, -0.15) is 0 Å². The van der Waals surface area contributed by atoms with Crippen LogP contribution in [0.3, 0.4) is 0 Å². The third-order valence-electron chi connectivity index (χ3n) is 3.20. The van der Waals surface area contributed by atoms with Crippen molar-refractivity contribution in [2.45, 2.75) is 19.6 Å². The second-order valence-electron chi connectivity index (χ2n) is 4.54. The van der Waals surface area contributed by atoms with E-state index in [1.54, 1.807) is 0 Å². The highest BCUT2D eigenvalue weighted by Crippen LogP contribution is 2.05. The number of benzene rings is 1. The molecule has 1 aromatic rings. The Morgan fingerprint density at radius 2 is 2.06 bits per heavy atom. The lowest BCUT2D eigenvalue weighted by Gasteiger charge is -2.39. The minimum atomic E-state index is 0.676. The molecule has 0 amide bonds. The van der Waals surface area contributed by atoms with Crippen molar-refractivity contribution in [3.8, 4) is 0 Å². The van der Waals surface area contributed by atoms with E-state index in [1.165, 1.54) is 25.2 Å². The largest absolute Gasteiger partial charge is 0.375 e. The molecule has 2 rings (SSSR count). The smallest absolute Gasteiger partial charge is 0.0717 e. The van der Waals surface area contributed by atoms with Crippen LogP contribution in [0.5, 0.6) is 0 Å². The zero-order valence-corrected chi connectivity index (χ0v) is 10.6. The molecule has 0 aliphatic carbocycles. The number of hydrogen-bond acceptors (Lipinski definition) is 3. The van der Waals surface area contributed by atoms with Crippen molar-refractivity contribution >= 4 is 0 Å². The summed E-state index contributed by atoms with van der Waals surface area (Å²) >= 11 is 0. The molecule has 0 unspecified atom stereocenters. The van der Waals surface area contributed by atoms with E-state index in [0.717, 1.165) is 13.2 Å². The van der Waals surface area contributed by atoms with E-state index in [2.05, 4.69) is 29.3 Å². The minimum Gasteiger partial charge on any atom is -0.375 e. The zero-order chi connectivity index (χ0) is 11.9. The third kappa shape index (κ3) is 4.11. The number of nitrogens with zero attached hydrogens (tertiary/aromatic N) is 1. The van der Waals surface area contributed by atoms with Crippen LogP contribution in [0.2, 0.25) is 0 Å². The fourth-order valence-electron chi connectivity index (χ4n) is 2.06. The maximum atomic E-state index is 5.62. The summed E-state index contributed by atoms with van der Waals surface area (Å²) in [6.45, 7) is 8.22. The first-order valence-corrected chi connectivity index (χ1v) is 6.46. The van der Waals surface area contributed by atoms with Crippen molar-refractivity contribution in [3.63, 3.8) is 0 Å². The Balaban J connectivity index is 1.47. The van der Waals surface area contributed by atoms with Crippen LogP contribution in [-0.2, 0) is 11.3 Å². The Morgan fingerprint density at radius 1 is 1.29 bits per heavy atom. The predicted octanol–water partition coefficient (Wildman–Crippen LogP) is 1.50. The molecule has 0 saturated carbocycles. The van der Waals surface area contributed by atoms with Gasteiger partial charge in [0.2, 0.25) is 0 Å². The van der Waals surface area contributed by atoms with Crippen molar-refractivity contribution in [2.75, 3.05) is 32.8 Å². The van der Waals surface area contributed by atoms with Crippen LogP contribution in [-0.4, -0.2) is 43.7 Å². The fourth-order valence-corrected chi connectivity index (χ4v) is 2.06. The summed E-state index contributed by atoms with van der Waals surface area (Å²) in [7, 11) is 0. The first kappa shape index (κ1) is 12.6. The van der Waals surface area contributed by atoms with Gasteiger partial charge in [0.25, 0.3) is 0 Å². The van der Waals surface area contributed by atoms with Crippen molar-refractivity contribution in [2.24, 2.45) is 0 Å². The van der Waals surface area contributed by atoms with Gasteiger partial charge in [0.1, 0.15) is 0 Å². The van der Waals surface area contributed by atoms with E-state index in [0.29, 0.717) is 12.6 Å². The monoisotopic (exact) mass is 234 g/mol. The average Bonchev–Trinajstić information content (AvgIpc) is 2.32. The maximum Gasteiger partial charge on any atom is 0.0717 e. The quantitative estimate of drug-likeness (QED) is 0.724. The second kappa shape index (κ2) is 6.74. The normalized spacial score (nSPS) is 17.0. The van der Waals surface area contributed by atoms with Crippen LogP contribution < -0.4 is 5.32 Å². The van der Waals surface area contributed by atoms with Gasteiger partial charge >= 0.3 is 0 Å². The number of likely N-dealkylation sites (N-methyl/N-ethyl adjacent to an activating group) is 1. The molecule has 94 valence electrons. The Morgan fingerprint density at radius 3 is 2.76 bits per heavy atom. The molecular formula is C14H22N2O. The summed E-state index contributed by atoms with van der Waals surface area (Å²) in [6, 6.07) is 11.0. The molecule has 17 heavy (non-hydrogen) atoms. The van der Waals surface area contributed by atoms with Crippen molar-refractivity contribution in [1.82, 2.24) is 10.2 Å². The lowest BCUT2D eigenvalue weighted by Crippen LogP contribution is -2.58. The van der Waals surface area contributed by atoms with Crippen LogP contribution in [0.25, 0.3) is 0 Å². The summed E-state index contributed by atoms with van der Waals surface area (Å²) in [5.41, 5.74) is 1.24. The molecule has 1 aliphatic rings. The van der Waals surface area contributed by atoms with Gasteiger partial charge in [-0.05, 0) is 12.1 Å². The summed E-state index contributed by atoms with van der Waals surface area (Å²) in [5.74, 6) is 0. The molecule has 1 saturated heterocycles. The van der Waals surface area contributed by atoms with E-state index in [1.807, 2.05) is 18.2 Å². The molecule has 0 bridgehead atoms. The van der Waals surface area contributed by atoms with Crippen LogP contribution in [0.4, 0.5) is 0 Å². The molecule has 0 spiro atoms. The number of hydrogen-bond donors (Lipinski definition) is 1. The SMILES string of the molecule is CCN1CC(NCCOCc2ccccc2)C1. The Hall–Kier alpha value is -0.900. The van der Waals surface area contributed by atoms with Gasteiger partial charge in [0.05, 0.1) is 13.2 Å². The summed E-state index contributed by atoms with van der Waals surface area (Å²) < 4.78 is 5.62. The molecule has 1 heterocycles. The highest BCUT2D eigenvalue weighted by molar-refractivity contribution is 5.13. The van der Waals surface area contributed by atoms with Gasteiger partial charge in [-0.3, -0.25) is 0 Å². The van der Waals surface area contributed by atoms with E-state index >= 15 is 0 Å². The summed E-state index contributed by atoms with van der Waals surface area (Å²) in [4.78, 5) is 2.43. The molecular weight excluding hydrogens is 212 g/mol. The van der Waals surface area contributed by atoms with Gasteiger partial charge in [0, 0.05) is 25.7 Å². The zero-order valence-electron chi connectivity index (χ0n) is 10.6. The van der Waals surface area contributed by atoms with Gasteiger partial charge in [-0.1, -0.05) is 37.3 Å². The molecule has 3 heteroatoms. The van der Waals surface area contributed by atoms with E-state index in [9.17, 15) is 0 Å². The molecule has 1 aliphatic heterocycles. The number of nitrogens with one attached hydrogen (secondary N) is 1. The van der Waals surface area contributed by atoms with Crippen molar-refractivity contribution in [1.29, 1.82) is 0 Å². The maximum absolute atomic E-state index is 5.62. The molecule has 1 N–H and O–H groups in total. The third-order valence-corrected chi connectivity index (χ3v) is 3.20. The minimum absolute atomic E-state index is 0.676. The molecule has 3 nitrogen and oxygen atoms in total. The molecule has 1 fully saturated rings. The highest BCUT2D eigenvalue weighted by atomic mass is 16.5. The van der Waals surface area contributed by atoms with Gasteiger partial charge in [-0.15, -0.1) is 0 Å². The number of ether oxygens (including phenoxy) is 1. The topological polar surface area (TPSA) is 24.5 Å². The fraction of sp³-hybridized carbons (Fsp3) is 0.571. The van der Waals surface area contributed by atoms with E-state index in [-0.39, 0.29) is 0 Å². The number of rotatable bonds is 7. The summed E-state index contributed by atoms with van der Waals surface area (Å²) in [5, 5.41) is 3.50. The highest BCUT2D eigenvalue weighted by Gasteiger charge is 2.23. The Bertz CT molecular complexity index is 309. The Labute approximate surface area is 104 Å². The van der Waals surface area contributed by atoms with Gasteiger partial charge in [-0.25, -0.2) is 0 Å². The van der Waals surface area contributed by atoms with Crippen molar-refractivity contribution in [3.05, 3.63) is 35.9 Å². The standard InChI is InChI=1S/C14H22N2O/c1-2-16-10-14(11-16)15-8-9-17-12-13-6-4-3-5-7-13/h3-7,14-15H,2,8-12H2,1H3. The lowest BCUT2D eigenvalue weighted by atomic mass is 10.1. The van der Waals surface area contributed by atoms with Crippen LogP contribution in [0.1, 0.15) is 12.5 Å². The first-order valence-electron chi connectivity index (χ1n) is 6.46. The van der Waals surface area contributed by atoms with Crippen LogP contribution in [0, 0.1) is 0 Å². The lowest BCUT2D eigenvalue weighted by molar-refractivity contribution is 0.0981. The van der Waals surface area contributed by atoms with E-state index in [4.69, 9.17) is 4.74 Å². The predicted molar refractivity (Wildman–Crippen MR) is 70.0 cm³/mol. The number of likely N-dealkylation sites (tertiary alicyclic amines) is 1. The van der Waals surface area contributed by atoms with Crippen molar-refractivity contribution < 1.29 is 4.74 Å². The van der Waals surface area contributed by atoms with Crippen LogP contribution in [0.15, 0.2) is 30.3 Å². The second-order valence-corrected chi connectivity index (χ2v) is 4.54. The van der Waals surface area contributed by atoms with Gasteiger partial charge < -0.3 is 15.0 Å². The van der Waals surface area contributed by atoms with E-state index < -0.39 is 0 Å². The molecule has 1 aromatic carbocycles.